The summed E-state index contributed by atoms with van der Waals surface area (Å²) in [5.41, 5.74) is 3.94. The molecule has 2 aromatic carbocycles. The number of hydrogen-bond donors (Lipinski definition) is 1. The van der Waals surface area contributed by atoms with Crippen LogP contribution in [0.3, 0.4) is 0 Å². The number of amides is 1. The molecular formula is C24H27N3O3. The van der Waals surface area contributed by atoms with Gasteiger partial charge in [-0.3, -0.25) is 9.59 Å². The van der Waals surface area contributed by atoms with Gasteiger partial charge in [0.1, 0.15) is 17.1 Å². The van der Waals surface area contributed by atoms with E-state index in [0.29, 0.717) is 28.1 Å². The average molecular weight is 405 g/mol. The Morgan fingerprint density at radius 2 is 1.90 bits per heavy atom. The molecule has 0 atom stereocenters. The van der Waals surface area contributed by atoms with E-state index in [1.165, 1.54) is 4.90 Å². The molecule has 1 N–H and O–H groups in total. The van der Waals surface area contributed by atoms with E-state index in [0.717, 1.165) is 29.8 Å². The van der Waals surface area contributed by atoms with Gasteiger partial charge in [0, 0.05) is 44.3 Å². The summed E-state index contributed by atoms with van der Waals surface area (Å²) in [4.78, 5) is 31.8. The van der Waals surface area contributed by atoms with E-state index in [1.807, 2.05) is 42.8 Å². The molecule has 1 aliphatic carbocycles. The number of fused-ring (bicyclic) bond motifs is 1. The number of carbonyl (C=O) groups excluding carboxylic acids is 2. The van der Waals surface area contributed by atoms with Gasteiger partial charge >= 0.3 is 0 Å². The van der Waals surface area contributed by atoms with Gasteiger partial charge in [0.05, 0.1) is 5.52 Å². The zero-order chi connectivity index (χ0) is 21.6. The Morgan fingerprint density at radius 1 is 1.20 bits per heavy atom. The summed E-state index contributed by atoms with van der Waals surface area (Å²) in [6.45, 7) is 1.85. The maximum Gasteiger partial charge on any atom is 0.253 e. The lowest BCUT2D eigenvalue weighted by Gasteiger charge is -2.16. The number of phenols is 1. The van der Waals surface area contributed by atoms with E-state index in [9.17, 15) is 14.7 Å². The van der Waals surface area contributed by atoms with Crippen LogP contribution in [0.2, 0.25) is 0 Å². The molecular weight excluding hydrogens is 378 g/mol. The Hall–Kier alpha value is -3.15. The zero-order valence-electron chi connectivity index (χ0n) is 17.9. The highest BCUT2D eigenvalue weighted by Crippen LogP contribution is 2.42. The first-order valence-electron chi connectivity index (χ1n) is 10.3. The van der Waals surface area contributed by atoms with Gasteiger partial charge in [0.25, 0.3) is 5.91 Å². The predicted molar refractivity (Wildman–Crippen MR) is 116 cm³/mol. The topological polar surface area (TPSA) is 75.4 Å². The summed E-state index contributed by atoms with van der Waals surface area (Å²) in [5.74, 6) is 1.06. The van der Waals surface area contributed by atoms with Crippen molar-refractivity contribution in [1.82, 2.24) is 14.5 Å². The van der Waals surface area contributed by atoms with Crippen LogP contribution in [0.25, 0.3) is 11.0 Å². The first-order valence-corrected chi connectivity index (χ1v) is 10.3. The van der Waals surface area contributed by atoms with E-state index in [2.05, 4.69) is 4.98 Å². The molecule has 1 aliphatic rings. The molecule has 1 amide bonds. The number of aryl methyl sites for hydroxylation is 2. The van der Waals surface area contributed by atoms with E-state index in [1.54, 1.807) is 20.2 Å². The minimum Gasteiger partial charge on any atom is -0.505 e. The first-order chi connectivity index (χ1) is 14.3. The molecule has 0 aliphatic heterocycles. The maximum absolute atomic E-state index is 13.0. The monoisotopic (exact) mass is 405 g/mol. The smallest absolute Gasteiger partial charge is 0.253 e. The van der Waals surface area contributed by atoms with Crippen molar-refractivity contribution in [3.8, 4) is 5.75 Å². The molecule has 0 radical (unpaired) electrons. The Morgan fingerprint density at radius 3 is 2.57 bits per heavy atom. The fraction of sp³-hybridized carbons (Fsp3) is 0.375. The molecule has 30 heavy (non-hydrogen) atoms. The number of benzene rings is 2. The molecule has 0 bridgehead atoms. The van der Waals surface area contributed by atoms with Gasteiger partial charge in [-0.2, -0.15) is 0 Å². The van der Waals surface area contributed by atoms with Gasteiger partial charge in [-0.15, -0.1) is 0 Å². The molecule has 0 unspecified atom stereocenters. The number of hydrogen-bond acceptors (Lipinski definition) is 4. The molecule has 156 valence electrons. The van der Waals surface area contributed by atoms with Gasteiger partial charge in [0.2, 0.25) is 0 Å². The zero-order valence-corrected chi connectivity index (χ0v) is 17.9. The van der Waals surface area contributed by atoms with Gasteiger partial charge < -0.3 is 14.6 Å². The van der Waals surface area contributed by atoms with E-state index < -0.39 is 0 Å². The Kier molecular flexibility index (Phi) is 5.10. The standard InChI is InChI=1S/C24H27N3O3/c1-14-25-22-20(27(14)4)13-19(24(30)26(2)3)18(23(22)29)11-12-21(28)17-8-6-5-7-16(17)15-9-10-15/h5-8,13,15,29H,9-12H2,1-4H3. The number of aromatic hydroxyl groups is 1. The predicted octanol–water partition coefficient (Wildman–Crippen LogP) is 3.98. The number of carbonyl (C=O) groups is 2. The van der Waals surface area contributed by atoms with Crippen molar-refractivity contribution in [2.24, 2.45) is 7.05 Å². The van der Waals surface area contributed by atoms with Gasteiger partial charge in [-0.25, -0.2) is 4.98 Å². The van der Waals surface area contributed by atoms with Crippen LogP contribution in [0.4, 0.5) is 0 Å². The average Bonchev–Trinajstić information content (AvgIpc) is 3.53. The highest BCUT2D eigenvalue weighted by molar-refractivity contribution is 6.02. The third-order valence-corrected chi connectivity index (χ3v) is 6.00. The van der Waals surface area contributed by atoms with Crippen LogP contribution in [0, 0.1) is 6.92 Å². The number of rotatable bonds is 6. The van der Waals surface area contributed by atoms with Crippen molar-refractivity contribution in [1.29, 1.82) is 0 Å². The minimum absolute atomic E-state index is 0.00956. The van der Waals surface area contributed by atoms with Crippen LogP contribution in [0.15, 0.2) is 30.3 Å². The van der Waals surface area contributed by atoms with Crippen molar-refractivity contribution >= 4 is 22.7 Å². The highest BCUT2D eigenvalue weighted by atomic mass is 16.3. The SMILES string of the molecule is Cc1nc2c(O)c(CCC(=O)c3ccccc3C3CC3)c(C(=O)N(C)C)cc2n1C. The Labute approximate surface area is 176 Å². The van der Waals surface area contributed by atoms with Crippen molar-refractivity contribution < 1.29 is 14.7 Å². The third kappa shape index (κ3) is 3.47. The van der Waals surface area contributed by atoms with Crippen molar-refractivity contribution in [2.45, 2.75) is 38.5 Å². The number of aromatic nitrogens is 2. The molecule has 6 nitrogen and oxygen atoms in total. The van der Waals surface area contributed by atoms with Crippen molar-refractivity contribution in [3.63, 3.8) is 0 Å². The number of phenolic OH excluding ortho intramolecular Hbond substituents is 1. The summed E-state index contributed by atoms with van der Waals surface area (Å²) in [6, 6.07) is 9.55. The lowest BCUT2D eigenvalue weighted by Crippen LogP contribution is -2.23. The van der Waals surface area contributed by atoms with Crippen LogP contribution in [-0.4, -0.2) is 45.3 Å². The summed E-state index contributed by atoms with van der Waals surface area (Å²) < 4.78 is 1.85. The normalized spacial score (nSPS) is 13.6. The van der Waals surface area contributed by atoms with E-state index >= 15 is 0 Å². The molecule has 6 heteroatoms. The number of Topliss-reactive ketones (excluding diaryl/α,β-unsaturated/α-hetero) is 1. The second kappa shape index (κ2) is 7.59. The number of imidazole rings is 1. The van der Waals surface area contributed by atoms with E-state index in [4.69, 9.17) is 0 Å². The third-order valence-electron chi connectivity index (χ3n) is 6.00. The fourth-order valence-corrected chi connectivity index (χ4v) is 4.02. The van der Waals surface area contributed by atoms with E-state index in [-0.39, 0.29) is 30.3 Å². The second-order valence-corrected chi connectivity index (χ2v) is 8.32. The Balaban J connectivity index is 1.71. The van der Waals surface area contributed by atoms with Crippen LogP contribution >= 0.6 is 0 Å². The molecule has 0 saturated heterocycles. The molecule has 1 heterocycles. The lowest BCUT2D eigenvalue weighted by molar-refractivity contribution is 0.0825. The largest absolute Gasteiger partial charge is 0.505 e. The summed E-state index contributed by atoms with van der Waals surface area (Å²) >= 11 is 0. The molecule has 4 rings (SSSR count). The quantitative estimate of drug-likeness (QED) is 0.630. The summed E-state index contributed by atoms with van der Waals surface area (Å²) in [6.07, 6.45) is 2.76. The molecule has 1 fully saturated rings. The van der Waals surface area contributed by atoms with Gasteiger partial charge in [0.15, 0.2) is 5.78 Å². The van der Waals surface area contributed by atoms with Crippen molar-refractivity contribution in [3.05, 3.63) is 58.4 Å². The van der Waals surface area contributed by atoms with Crippen molar-refractivity contribution in [2.75, 3.05) is 14.1 Å². The number of nitrogens with zero attached hydrogens (tertiary/aromatic N) is 3. The Bertz CT molecular complexity index is 1160. The van der Waals surface area contributed by atoms with Crippen LogP contribution in [-0.2, 0) is 13.5 Å². The summed E-state index contributed by atoms with van der Waals surface area (Å²) in [5, 5.41) is 11.0. The second-order valence-electron chi connectivity index (χ2n) is 8.32. The first kappa shape index (κ1) is 20.1. The van der Waals surface area contributed by atoms with Crippen LogP contribution in [0.5, 0.6) is 5.75 Å². The molecule has 3 aromatic rings. The highest BCUT2D eigenvalue weighted by Gasteiger charge is 2.28. The minimum atomic E-state index is -0.202. The molecule has 1 saturated carbocycles. The molecule has 0 spiro atoms. The maximum atomic E-state index is 13.0. The molecule has 1 aromatic heterocycles. The lowest BCUT2D eigenvalue weighted by atomic mass is 9.93. The van der Waals surface area contributed by atoms with Crippen LogP contribution < -0.4 is 0 Å². The fourth-order valence-electron chi connectivity index (χ4n) is 4.02. The summed E-state index contributed by atoms with van der Waals surface area (Å²) in [7, 11) is 5.21. The van der Waals surface area contributed by atoms with Crippen LogP contribution in [0.1, 0.15) is 62.8 Å². The van der Waals surface area contributed by atoms with Gasteiger partial charge in [-0.05, 0) is 43.7 Å². The van der Waals surface area contributed by atoms with Gasteiger partial charge in [-0.1, -0.05) is 24.3 Å². The number of ketones is 1.